The Morgan fingerprint density at radius 1 is 1.31 bits per heavy atom. The highest BCUT2D eigenvalue weighted by atomic mass is 32.2. The number of ether oxygens (including phenoxy) is 2. The summed E-state index contributed by atoms with van der Waals surface area (Å²) in [5, 5.41) is 2.91. The summed E-state index contributed by atoms with van der Waals surface area (Å²) in [7, 11) is 3.20. The molecule has 0 unspecified atom stereocenters. The van der Waals surface area contributed by atoms with Gasteiger partial charge in [0.1, 0.15) is 5.37 Å². The first-order valence-corrected chi connectivity index (χ1v) is 5.92. The Kier molecular flexibility index (Phi) is 3.24. The summed E-state index contributed by atoms with van der Waals surface area (Å²) in [6.07, 6.45) is 0. The van der Waals surface area contributed by atoms with Gasteiger partial charge in [0.15, 0.2) is 11.5 Å². The number of carbonyl (C=O) groups is 1. The Morgan fingerprint density at radius 2 is 2.06 bits per heavy atom. The van der Waals surface area contributed by atoms with E-state index in [1.54, 1.807) is 26.0 Å². The normalized spacial score (nSPS) is 19.4. The first-order chi connectivity index (χ1) is 7.74. The predicted molar refractivity (Wildman–Crippen MR) is 62.9 cm³/mol. The Labute approximate surface area is 98.3 Å². The van der Waals surface area contributed by atoms with Gasteiger partial charge in [-0.2, -0.15) is 0 Å². The Hall–Kier alpha value is -1.36. The third-order valence-corrected chi connectivity index (χ3v) is 3.54. The fourth-order valence-electron chi connectivity index (χ4n) is 1.58. The van der Waals surface area contributed by atoms with Gasteiger partial charge in [0.2, 0.25) is 5.91 Å². The zero-order valence-corrected chi connectivity index (χ0v) is 9.97. The van der Waals surface area contributed by atoms with E-state index in [0.29, 0.717) is 17.3 Å². The molecule has 1 heterocycles. The lowest BCUT2D eigenvalue weighted by molar-refractivity contribution is -0.118. The van der Waals surface area contributed by atoms with Gasteiger partial charge in [-0.05, 0) is 17.7 Å². The molecular formula is C11H13NO3S. The molecule has 0 aliphatic carbocycles. The molecule has 86 valence electrons. The monoisotopic (exact) mass is 239 g/mol. The van der Waals surface area contributed by atoms with Crippen LogP contribution in [0, 0.1) is 0 Å². The molecule has 1 fully saturated rings. The van der Waals surface area contributed by atoms with E-state index in [1.165, 1.54) is 0 Å². The van der Waals surface area contributed by atoms with Crippen molar-refractivity contribution in [2.45, 2.75) is 5.37 Å². The zero-order chi connectivity index (χ0) is 11.5. The van der Waals surface area contributed by atoms with Gasteiger partial charge in [-0.1, -0.05) is 6.07 Å². The maximum absolute atomic E-state index is 11.1. The molecule has 0 spiro atoms. The van der Waals surface area contributed by atoms with Crippen LogP contribution in [0.1, 0.15) is 10.9 Å². The van der Waals surface area contributed by atoms with Gasteiger partial charge in [0, 0.05) is 0 Å². The second kappa shape index (κ2) is 4.65. The first kappa shape index (κ1) is 11.1. The van der Waals surface area contributed by atoms with E-state index in [4.69, 9.17) is 9.47 Å². The van der Waals surface area contributed by atoms with Crippen LogP contribution >= 0.6 is 11.8 Å². The van der Waals surface area contributed by atoms with Crippen LogP contribution in [0.2, 0.25) is 0 Å². The minimum absolute atomic E-state index is 0.0207. The summed E-state index contributed by atoms with van der Waals surface area (Å²) >= 11 is 1.58. The topological polar surface area (TPSA) is 47.6 Å². The largest absolute Gasteiger partial charge is 0.493 e. The van der Waals surface area contributed by atoms with Crippen molar-refractivity contribution in [3.05, 3.63) is 23.8 Å². The van der Waals surface area contributed by atoms with Crippen molar-refractivity contribution < 1.29 is 14.3 Å². The molecule has 4 nitrogen and oxygen atoms in total. The average molecular weight is 239 g/mol. The third kappa shape index (κ3) is 2.09. The molecule has 0 bridgehead atoms. The average Bonchev–Trinajstić information content (AvgIpc) is 2.75. The lowest BCUT2D eigenvalue weighted by atomic mass is 10.2. The van der Waals surface area contributed by atoms with Crippen LogP contribution in [0.3, 0.4) is 0 Å². The molecule has 1 aliphatic rings. The quantitative estimate of drug-likeness (QED) is 0.869. The van der Waals surface area contributed by atoms with Crippen LogP contribution in [0.15, 0.2) is 18.2 Å². The molecule has 0 radical (unpaired) electrons. The van der Waals surface area contributed by atoms with Crippen molar-refractivity contribution in [3.8, 4) is 11.5 Å². The SMILES string of the molecule is COc1ccc([C@H]2NC(=O)CS2)cc1OC. The van der Waals surface area contributed by atoms with Crippen molar-refractivity contribution in [3.63, 3.8) is 0 Å². The van der Waals surface area contributed by atoms with Crippen molar-refractivity contribution >= 4 is 17.7 Å². The second-order valence-corrected chi connectivity index (χ2v) is 4.47. The Bertz CT molecular complexity index is 408. The van der Waals surface area contributed by atoms with Crippen molar-refractivity contribution in [1.82, 2.24) is 5.32 Å². The number of rotatable bonds is 3. The molecule has 1 N–H and O–H groups in total. The van der Waals surface area contributed by atoms with Crippen LogP contribution in [0.4, 0.5) is 0 Å². The molecule has 1 aromatic carbocycles. The van der Waals surface area contributed by atoms with Crippen LogP contribution < -0.4 is 14.8 Å². The van der Waals surface area contributed by atoms with Gasteiger partial charge < -0.3 is 14.8 Å². The molecule has 2 rings (SSSR count). The number of hydrogen-bond acceptors (Lipinski definition) is 4. The molecule has 1 amide bonds. The van der Waals surface area contributed by atoms with Crippen molar-refractivity contribution in [2.24, 2.45) is 0 Å². The van der Waals surface area contributed by atoms with Crippen molar-refractivity contribution in [2.75, 3.05) is 20.0 Å². The van der Waals surface area contributed by atoms with Crippen molar-refractivity contribution in [1.29, 1.82) is 0 Å². The number of methoxy groups -OCH3 is 2. The summed E-state index contributed by atoms with van der Waals surface area (Å²) in [6, 6.07) is 5.67. The zero-order valence-electron chi connectivity index (χ0n) is 9.15. The van der Waals surface area contributed by atoms with E-state index in [0.717, 1.165) is 5.56 Å². The van der Waals surface area contributed by atoms with E-state index in [-0.39, 0.29) is 11.3 Å². The molecule has 1 atom stereocenters. The summed E-state index contributed by atoms with van der Waals surface area (Å²) in [5.74, 6) is 1.96. The maximum atomic E-state index is 11.1. The Morgan fingerprint density at radius 3 is 2.62 bits per heavy atom. The van der Waals surface area contributed by atoms with E-state index >= 15 is 0 Å². The molecule has 1 aliphatic heterocycles. The highest BCUT2D eigenvalue weighted by Crippen LogP contribution is 2.35. The predicted octanol–water partition coefficient (Wildman–Crippen LogP) is 1.57. The van der Waals surface area contributed by atoms with Gasteiger partial charge in [-0.15, -0.1) is 11.8 Å². The molecule has 1 saturated heterocycles. The van der Waals surface area contributed by atoms with Gasteiger partial charge in [0.25, 0.3) is 0 Å². The maximum Gasteiger partial charge on any atom is 0.231 e. The van der Waals surface area contributed by atoms with E-state index in [9.17, 15) is 4.79 Å². The van der Waals surface area contributed by atoms with Crippen LogP contribution in [0.5, 0.6) is 11.5 Å². The third-order valence-electron chi connectivity index (χ3n) is 2.38. The van der Waals surface area contributed by atoms with Crippen LogP contribution in [-0.2, 0) is 4.79 Å². The molecule has 16 heavy (non-hydrogen) atoms. The fourth-order valence-corrected chi connectivity index (χ4v) is 2.54. The number of thioether (sulfide) groups is 1. The van der Waals surface area contributed by atoms with E-state index in [1.807, 2.05) is 18.2 Å². The minimum atomic E-state index is 0.0207. The lowest BCUT2D eigenvalue weighted by Crippen LogP contribution is -2.18. The molecule has 0 saturated carbocycles. The molecule has 1 aromatic rings. The summed E-state index contributed by atoms with van der Waals surface area (Å²) in [5.41, 5.74) is 1.02. The molecular weight excluding hydrogens is 226 g/mol. The summed E-state index contributed by atoms with van der Waals surface area (Å²) in [4.78, 5) is 11.1. The number of nitrogens with one attached hydrogen (secondary N) is 1. The standard InChI is InChI=1S/C11H13NO3S/c1-14-8-4-3-7(5-9(8)15-2)11-12-10(13)6-16-11/h3-5,11H,6H2,1-2H3,(H,12,13)/t11-/m0/s1. The molecule has 5 heteroatoms. The summed E-state index contributed by atoms with van der Waals surface area (Å²) < 4.78 is 10.4. The summed E-state index contributed by atoms with van der Waals surface area (Å²) in [6.45, 7) is 0. The number of amides is 1. The fraction of sp³-hybridized carbons (Fsp3) is 0.364. The number of carbonyl (C=O) groups excluding carboxylic acids is 1. The lowest BCUT2D eigenvalue weighted by Gasteiger charge is -2.13. The number of hydrogen-bond donors (Lipinski definition) is 1. The van der Waals surface area contributed by atoms with Gasteiger partial charge in [-0.3, -0.25) is 4.79 Å². The van der Waals surface area contributed by atoms with E-state index in [2.05, 4.69) is 5.32 Å². The highest BCUT2D eigenvalue weighted by Gasteiger charge is 2.23. The second-order valence-electron chi connectivity index (χ2n) is 3.37. The van der Waals surface area contributed by atoms with E-state index < -0.39 is 0 Å². The number of benzene rings is 1. The first-order valence-electron chi connectivity index (χ1n) is 4.87. The van der Waals surface area contributed by atoms with Gasteiger partial charge in [0.05, 0.1) is 20.0 Å². The van der Waals surface area contributed by atoms with Gasteiger partial charge >= 0.3 is 0 Å². The minimum Gasteiger partial charge on any atom is -0.493 e. The van der Waals surface area contributed by atoms with Crippen LogP contribution in [-0.4, -0.2) is 25.9 Å². The highest BCUT2D eigenvalue weighted by molar-refractivity contribution is 8.00. The van der Waals surface area contributed by atoms with Crippen LogP contribution in [0.25, 0.3) is 0 Å². The smallest absolute Gasteiger partial charge is 0.231 e. The molecule has 0 aromatic heterocycles. The Balaban J connectivity index is 2.25. The van der Waals surface area contributed by atoms with Gasteiger partial charge in [-0.25, -0.2) is 0 Å².